The third-order valence-electron chi connectivity index (χ3n) is 10.1. The Balaban J connectivity index is 2.10. The molecule has 0 radical (unpaired) electrons. The highest BCUT2D eigenvalue weighted by Crippen LogP contribution is 2.44. The second-order valence-electron chi connectivity index (χ2n) is 13.1. The van der Waals surface area contributed by atoms with Crippen molar-refractivity contribution < 1.29 is 10.2 Å². The molecule has 3 aromatic rings. The Bertz CT molecular complexity index is 1430. The fourth-order valence-electron chi connectivity index (χ4n) is 6.51. The van der Waals surface area contributed by atoms with Crippen LogP contribution in [0.2, 0.25) is 0 Å². The summed E-state index contributed by atoms with van der Waals surface area (Å²) in [5, 5.41) is 22.9. The molecule has 0 spiro atoms. The number of aromatic hydroxyl groups is 2. The van der Waals surface area contributed by atoms with Crippen LogP contribution < -0.4 is 0 Å². The number of aliphatic imine (C=N–C) groups is 2. The first-order valence-electron chi connectivity index (χ1n) is 16.2. The molecule has 4 nitrogen and oxygen atoms in total. The SMILES string of the molecule is CCC(CC)(CC)c1cc(C)cc(C=Nc2ccccc2N=Cc2cc(C(C)(C)C)cc(C(CC)(CC)CC)c2O)c1O. The molecule has 3 aromatic carbocycles. The average Bonchev–Trinajstić information content (AvgIpc) is 3.00. The Kier molecular flexibility index (Phi) is 11.0. The Morgan fingerprint density at radius 2 is 1.00 bits per heavy atom. The summed E-state index contributed by atoms with van der Waals surface area (Å²) in [5.74, 6) is 0.621. The van der Waals surface area contributed by atoms with Gasteiger partial charge in [-0.3, -0.25) is 9.98 Å². The van der Waals surface area contributed by atoms with E-state index in [4.69, 9.17) is 9.98 Å². The maximum atomic E-state index is 11.6. The normalized spacial score (nSPS) is 13.0. The van der Waals surface area contributed by atoms with Crippen molar-refractivity contribution >= 4 is 23.8 Å². The Morgan fingerprint density at radius 3 is 1.40 bits per heavy atom. The molecule has 0 atom stereocenters. The van der Waals surface area contributed by atoms with E-state index in [9.17, 15) is 10.2 Å². The fourth-order valence-corrected chi connectivity index (χ4v) is 6.51. The van der Waals surface area contributed by atoms with Crippen molar-refractivity contribution in [2.24, 2.45) is 9.98 Å². The topological polar surface area (TPSA) is 65.2 Å². The van der Waals surface area contributed by atoms with E-state index in [0.717, 1.165) is 60.8 Å². The maximum Gasteiger partial charge on any atom is 0.128 e. The largest absolute Gasteiger partial charge is 0.507 e. The minimum Gasteiger partial charge on any atom is -0.507 e. The van der Waals surface area contributed by atoms with E-state index in [0.29, 0.717) is 28.4 Å². The molecule has 0 aliphatic carbocycles. The minimum atomic E-state index is -0.0876. The van der Waals surface area contributed by atoms with Gasteiger partial charge >= 0.3 is 0 Å². The van der Waals surface area contributed by atoms with Gasteiger partial charge in [0.2, 0.25) is 0 Å². The second kappa shape index (κ2) is 13.9. The van der Waals surface area contributed by atoms with Crippen molar-refractivity contribution in [2.75, 3.05) is 0 Å². The lowest BCUT2D eigenvalue weighted by Crippen LogP contribution is -2.25. The average molecular weight is 583 g/mol. The van der Waals surface area contributed by atoms with Crippen molar-refractivity contribution in [1.82, 2.24) is 0 Å². The molecule has 0 aliphatic rings. The zero-order valence-electron chi connectivity index (χ0n) is 28.3. The van der Waals surface area contributed by atoms with Gasteiger partial charge < -0.3 is 10.2 Å². The summed E-state index contributed by atoms with van der Waals surface area (Å²) in [6.45, 7) is 21.9. The van der Waals surface area contributed by atoms with Crippen molar-refractivity contribution in [3.8, 4) is 11.5 Å². The molecule has 0 unspecified atom stereocenters. The van der Waals surface area contributed by atoms with E-state index in [-0.39, 0.29) is 16.2 Å². The van der Waals surface area contributed by atoms with Gasteiger partial charge in [-0.2, -0.15) is 0 Å². The van der Waals surface area contributed by atoms with Crippen LogP contribution in [0.25, 0.3) is 0 Å². The fraction of sp³-hybridized carbons (Fsp3) is 0.487. The van der Waals surface area contributed by atoms with Crippen molar-refractivity contribution in [1.29, 1.82) is 0 Å². The Hall–Kier alpha value is -3.40. The Labute approximate surface area is 261 Å². The van der Waals surface area contributed by atoms with Gasteiger partial charge in [0.25, 0.3) is 0 Å². The molecule has 0 heterocycles. The summed E-state index contributed by atoms with van der Waals surface area (Å²) >= 11 is 0. The molecule has 0 saturated carbocycles. The number of hydrogen-bond donors (Lipinski definition) is 2. The summed E-state index contributed by atoms with van der Waals surface area (Å²) in [4.78, 5) is 9.65. The summed E-state index contributed by atoms with van der Waals surface area (Å²) in [6, 6.07) is 16.1. The van der Waals surface area contributed by atoms with Crippen molar-refractivity contribution in [3.63, 3.8) is 0 Å². The molecule has 0 bridgehead atoms. The molecule has 0 aromatic heterocycles. The maximum absolute atomic E-state index is 11.6. The lowest BCUT2D eigenvalue weighted by molar-refractivity contribution is 0.356. The molecule has 3 rings (SSSR count). The van der Waals surface area contributed by atoms with Gasteiger partial charge in [0, 0.05) is 34.7 Å². The van der Waals surface area contributed by atoms with Gasteiger partial charge in [-0.25, -0.2) is 0 Å². The highest BCUT2D eigenvalue weighted by atomic mass is 16.3. The zero-order chi connectivity index (χ0) is 32.0. The number of para-hydroxylation sites is 2. The van der Waals surface area contributed by atoms with Crippen LogP contribution in [0, 0.1) is 6.92 Å². The number of phenolic OH excluding ortho intramolecular Hbond substituents is 2. The third-order valence-corrected chi connectivity index (χ3v) is 10.1. The zero-order valence-corrected chi connectivity index (χ0v) is 28.3. The van der Waals surface area contributed by atoms with Gasteiger partial charge in [-0.05, 0) is 97.1 Å². The standard InChI is InChI=1S/C39H54N2O2/c1-11-38(12-2,13-3)31-22-27(7)21-28(35(31)42)25-40-33-19-17-18-20-34(33)41-26-29-23-30(37(8,9)10)24-32(36(29)43)39(14-4,15-5)16-6/h17-26,42-43H,11-16H2,1-10H3. The van der Waals surface area contributed by atoms with Gasteiger partial charge in [0.15, 0.2) is 0 Å². The summed E-state index contributed by atoms with van der Waals surface area (Å²) in [6.07, 6.45) is 9.29. The quantitative estimate of drug-likeness (QED) is 0.209. The van der Waals surface area contributed by atoms with Gasteiger partial charge in [-0.15, -0.1) is 0 Å². The molecule has 2 N–H and O–H groups in total. The van der Waals surface area contributed by atoms with Crippen LogP contribution in [0.1, 0.15) is 134 Å². The molecule has 232 valence electrons. The van der Waals surface area contributed by atoms with Crippen LogP contribution >= 0.6 is 0 Å². The van der Waals surface area contributed by atoms with Crippen LogP contribution in [0.15, 0.2) is 58.5 Å². The predicted molar refractivity (Wildman–Crippen MR) is 186 cm³/mol. The smallest absolute Gasteiger partial charge is 0.128 e. The van der Waals surface area contributed by atoms with E-state index in [1.807, 2.05) is 30.3 Å². The third kappa shape index (κ3) is 7.06. The number of nitrogens with zero attached hydrogens (tertiary/aromatic N) is 2. The monoisotopic (exact) mass is 582 g/mol. The molecule has 0 aliphatic heterocycles. The van der Waals surface area contributed by atoms with E-state index < -0.39 is 0 Å². The summed E-state index contributed by atoms with van der Waals surface area (Å²) < 4.78 is 0. The highest BCUT2D eigenvalue weighted by Gasteiger charge is 2.32. The molecule has 4 heteroatoms. The summed E-state index contributed by atoms with van der Waals surface area (Å²) in [7, 11) is 0. The van der Waals surface area contributed by atoms with E-state index in [1.165, 1.54) is 5.56 Å². The van der Waals surface area contributed by atoms with E-state index in [2.05, 4.69) is 87.4 Å². The van der Waals surface area contributed by atoms with E-state index in [1.54, 1.807) is 12.4 Å². The minimum absolute atomic E-state index is 0.0613. The lowest BCUT2D eigenvalue weighted by Gasteiger charge is -2.34. The molecule has 0 amide bonds. The number of rotatable bonds is 12. The number of benzene rings is 3. The molecular formula is C39H54N2O2. The van der Waals surface area contributed by atoms with Crippen LogP contribution in [0.5, 0.6) is 11.5 Å². The lowest BCUT2D eigenvalue weighted by atomic mass is 9.71. The molecule has 0 saturated heterocycles. The molecule has 43 heavy (non-hydrogen) atoms. The highest BCUT2D eigenvalue weighted by molar-refractivity contribution is 5.90. The number of phenols is 2. The summed E-state index contributed by atoms with van der Waals surface area (Å²) in [5.41, 5.74) is 6.90. The van der Waals surface area contributed by atoms with Crippen LogP contribution in [-0.2, 0) is 16.2 Å². The molecule has 0 fully saturated rings. The van der Waals surface area contributed by atoms with Crippen LogP contribution in [0.3, 0.4) is 0 Å². The first-order valence-corrected chi connectivity index (χ1v) is 16.2. The number of aryl methyl sites for hydroxylation is 1. The second-order valence-corrected chi connectivity index (χ2v) is 13.1. The molecular weight excluding hydrogens is 528 g/mol. The first kappa shape index (κ1) is 34.1. The van der Waals surface area contributed by atoms with Gasteiger partial charge in [-0.1, -0.05) is 86.6 Å². The van der Waals surface area contributed by atoms with Crippen molar-refractivity contribution in [3.05, 3.63) is 81.9 Å². The first-order chi connectivity index (χ1) is 20.3. The van der Waals surface area contributed by atoms with Crippen molar-refractivity contribution in [2.45, 2.75) is 124 Å². The van der Waals surface area contributed by atoms with E-state index >= 15 is 0 Å². The van der Waals surface area contributed by atoms with Gasteiger partial charge in [0.1, 0.15) is 11.5 Å². The Morgan fingerprint density at radius 1 is 0.605 bits per heavy atom. The van der Waals surface area contributed by atoms with Gasteiger partial charge in [0.05, 0.1) is 11.4 Å². The van der Waals surface area contributed by atoms with Crippen LogP contribution in [0.4, 0.5) is 11.4 Å². The van der Waals surface area contributed by atoms with Crippen LogP contribution in [-0.4, -0.2) is 22.6 Å². The number of hydrogen-bond acceptors (Lipinski definition) is 4. The predicted octanol–water partition coefficient (Wildman–Crippen LogP) is 11.1.